The number of benzene rings is 1. The fourth-order valence-electron chi connectivity index (χ4n) is 1.71. The van der Waals surface area contributed by atoms with Gasteiger partial charge in [-0.25, -0.2) is 4.39 Å². The molecule has 18 heavy (non-hydrogen) atoms. The van der Waals surface area contributed by atoms with Crippen LogP contribution in [0, 0.1) is 9.39 Å². The summed E-state index contributed by atoms with van der Waals surface area (Å²) in [7, 11) is 0. The Balaban J connectivity index is 2.19. The molecule has 7 heteroatoms. The molecular formula is C11H10FIN2O3. The molecule has 1 unspecified atom stereocenters. The van der Waals surface area contributed by atoms with Gasteiger partial charge in [-0.3, -0.25) is 9.59 Å². The van der Waals surface area contributed by atoms with Gasteiger partial charge in [-0.2, -0.15) is 0 Å². The largest absolute Gasteiger partial charge is 0.481 e. The van der Waals surface area contributed by atoms with Crippen molar-refractivity contribution in [2.24, 2.45) is 0 Å². The van der Waals surface area contributed by atoms with Gasteiger partial charge in [0.05, 0.1) is 14.9 Å². The van der Waals surface area contributed by atoms with Crippen molar-refractivity contribution in [2.75, 3.05) is 10.6 Å². The maximum absolute atomic E-state index is 13.4. The minimum atomic E-state index is -0.968. The van der Waals surface area contributed by atoms with E-state index >= 15 is 0 Å². The lowest BCUT2D eigenvalue weighted by atomic mass is 10.1. The molecule has 0 spiro atoms. The van der Waals surface area contributed by atoms with E-state index in [4.69, 9.17) is 5.11 Å². The molecule has 1 atom stereocenters. The standard InChI is InChI=1S/C11H10FIN2O3/c12-5-3-8-9(4-6(5)13)15-11(18)7(14-8)1-2-10(16)17/h3-4,7,14H,1-2H2,(H,15,18)(H,16,17). The van der Waals surface area contributed by atoms with Gasteiger partial charge in [0.25, 0.3) is 0 Å². The highest BCUT2D eigenvalue weighted by Crippen LogP contribution is 2.31. The molecule has 1 aliphatic rings. The first-order valence-electron chi connectivity index (χ1n) is 5.25. The molecule has 2 rings (SSSR count). The van der Waals surface area contributed by atoms with Crippen molar-refractivity contribution in [3.63, 3.8) is 0 Å². The monoisotopic (exact) mass is 364 g/mol. The first kappa shape index (κ1) is 13.1. The Bertz CT molecular complexity index is 521. The maximum Gasteiger partial charge on any atom is 0.303 e. The SMILES string of the molecule is O=C(O)CCC1Nc2cc(F)c(I)cc2NC1=O. The Hall–Kier alpha value is -1.38. The predicted molar refractivity (Wildman–Crippen MR) is 72.0 cm³/mol. The average molecular weight is 364 g/mol. The van der Waals surface area contributed by atoms with E-state index in [9.17, 15) is 14.0 Å². The minimum absolute atomic E-state index is 0.118. The Labute approximate surface area is 116 Å². The van der Waals surface area contributed by atoms with Gasteiger partial charge in [-0.05, 0) is 35.1 Å². The van der Waals surface area contributed by atoms with E-state index in [0.717, 1.165) is 0 Å². The normalized spacial score (nSPS) is 17.7. The third kappa shape index (κ3) is 2.71. The Kier molecular flexibility index (Phi) is 3.69. The lowest BCUT2D eigenvalue weighted by molar-refractivity contribution is -0.137. The second-order valence-corrected chi connectivity index (χ2v) is 5.09. The fourth-order valence-corrected chi connectivity index (χ4v) is 2.18. The van der Waals surface area contributed by atoms with Gasteiger partial charge in [0.2, 0.25) is 5.91 Å². The number of carbonyl (C=O) groups is 2. The zero-order chi connectivity index (χ0) is 13.3. The number of fused-ring (bicyclic) bond motifs is 1. The number of carbonyl (C=O) groups excluding carboxylic acids is 1. The summed E-state index contributed by atoms with van der Waals surface area (Å²) < 4.78 is 13.8. The van der Waals surface area contributed by atoms with E-state index in [2.05, 4.69) is 10.6 Å². The number of aliphatic carboxylic acids is 1. The second-order valence-electron chi connectivity index (χ2n) is 3.93. The van der Waals surface area contributed by atoms with Crippen molar-refractivity contribution in [3.05, 3.63) is 21.5 Å². The van der Waals surface area contributed by atoms with E-state index in [1.165, 1.54) is 12.1 Å². The van der Waals surface area contributed by atoms with Crippen LogP contribution >= 0.6 is 22.6 Å². The molecule has 1 aliphatic heterocycles. The van der Waals surface area contributed by atoms with Crippen LogP contribution < -0.4 is 10.6 Å². The van der Waals surface area contributed by atoms with Crippen molar-refractivity contribution < 1.29 is 19.1 Å². The number of nitrogens with one attached hydrogen (secondary N) is 2. The molecule has 0 radical (unpaired) electrons. The van der Waals surface area contributed by atoms with Crippen LogP contribution in [-0.4, -0.2) is 23.0 Å². The quantitative estimate of drug-likeness (QED) is 0.718. The molecule has 5 nitrogen and oxygen atoms in total. The zero-order valence-corrected chi connectivity index (χ0v) is 11.3. The molecule has 1 amide bonds. The number of hydrogen-bond acceptors (Lipinski definition) is 3. The van der Waals surface area contributed by atoms with Crippen LogP contribution in [0.4, 0.5) is 15.8 Å². The molecule has 0 saturated heterocycles. The van der Waals surface area contributed by atoms with Crippen LogP contribution in [0.1, 0.15) is 12.8 Å². The van der Waals surface area contributed by atoms with Crippen molar-refractivity contribution in [1.82, 2.24) is 0 Å². The first-order chi connectivity index (χ1) is 8.47. The summed E-state index contributed by atoms with van der Waals surface area (Å²) in [5, 5.41) is 14.1. The number of anilines is 2. The van der Waals surface area contributed by atoms with Crippen LogP contribution in [0.3, 0.4) is 0 Å². The Morgan fingerprint density at radius 1 is 1.44 bits per heavy atom. The van der Waals surface area contributed by atoms with Crippen LogP contribution in [-0.2, 0) is 9.59 Å². The minimum Gasteiger partial charge on any atom is -0.481 e. The highest BCUT2D eigenvalue weighted by atomic mass is 127. The Morgan fingerprint density at radius 2 is 2.17 bits per heavy atom. The molecule has 0 aliphatic carbocycles. The van der Waals surface area contributed by atoms with Crippen LogP contribution in [0.25, 0.3) is 0 Å². The van der Waals surface area contributed by atoms with Crippen molar-refractivity contribution >= 4 is 45.8 Å². The Morgan fingerprint density at radius 3 is 2.83 bits per heavy atom. The molecule has 1 aromatic rings. The first-order valence-corrected chi connectivity index (χ1v) is 6.33. The zero-order valence-electron chi connectivity index (χ0n) is 9.17. The summed E-state index contributed by atoms with van der Waals surface area (Å²) in [6.45, 7) is 0. The lowest BCUT2D eigenvalue weighted by Gasteiger charge is -2.26. The average Bonchev–Trinajstić information content (AvgIpc) is 2.29. The van der Waals surface area contributed by atoms with Crippen molar-refractivity contribution in [1.29, 1.82) is 0 Å². The van der Waals surface area contributed by atoms with Crippen LogP contribution in [0.5, 0.6) is 0 Å². The van der Waals surface area contributed by atoms with E-state index in [-0.39, 0.29) is 24.6 Å². The molecule has 0 saturated carbocycles. The van der Waals surface area contributed by atoms with E-state index in [1.807, 2.05) is 22.6 Å². The van der Waals surface area contributed by atoms with Gasteiger partial charge in [0.15, 0.2) is 0 Å². The summed E-state index contributed by atoms with van der Waals surface area (Å²) in [5.74, 6) is -1.65. The summed E-state index contributed by atoms with van der Waals surface area (Å²) in [4.78, 5) is 22.2. The smallest absolute Gasteiger partial charge is 0.303 e. The van der Waals surface area contributed by atoms with Gasteiger partial charge in [0, 0.05) is 12.5 Å². The fraction of sp³-hybridized carbons (Fsp3) is 0.273. The van der Waals surface area contributed by atoms with Crippen LogP contribution in [0.15, 0.2) is 12.1 Å². The molecular weight excluding hydrogens is 354 g/mol. The highest BCUT2D eigenvalue weighted by Gasteiger charge is 2.26. The van der Waals surface area contributed by atoms with Gasteiger partial charge >= 0.3 is 5.97 Å². The number of amides is 1. The maximum atomic E-state index is 13.4. The van der Waals surface area contributed by atoms with E-state index in [0.29, 0.717) is 14.9 Å². The van der Waals surface area contributed by atoms with E-state index < -0.39 is 12.0 Å². The van der Waals surface area contributed by atoms with Gasteiger partial charge < -0.3 is 15.7 Å². The number of halogens is 2. The highest BCUT2D eigenvalue weighted by molar-refractivity contribution is 14.1. The topological polar surface area (TPSA) is 78.4 Å². The number of rotatable bonds is 3. The number of carboxylic acids is 1. The molecule has 1 heterocycles. The van der Waals surface area contributed by atoms with E-state index in [1.54, 1.807) is 0 Å². The van der Waals surface area contributed by atoms with Gasteiger partial charge in [-0.15, -0.1) is 0 Å². The molecule has 0 aromatic heterocycles. The lowest BCUT2D eigenvalue weighted by Crippen LogP contribution is -2.39. The van der Waals surface area contributed by atoms with Gasteiger partial charge in [-0.1, -0.05) is 0 Å². The van der Waals surface area contributed by atoms with Crippen molar-refractivity contribution in [2.45, 2.75) is 18.9 Å². The summed E-state index contributed by atoms with van der Waals surface area (Å²) in [6.07, 6.45) is 0.0431. The number of hydrogen-bond donors (Lipinski definition) is 3. The molecule has 96 valence electrons. The third-order valence-corrected chi connectivity index (χ3v) is 3.44. The van der Waals surface area contributed by atoms with Crippen molar-refractivity contribution in [3.8, 4) is 0 Å². The summed E-state index contributed by atoms with van der Waals surface area (Å²) in [5.41, 5.74) is 0.986. The second kappa shape index (κ2) is 5.09. The third-order valence-electron chi connectivity index (χ3n) is 2.61. The van der Waals surface area contributed by atoms with Crippen LogP contribution in [0.2, 0.25) is 0 Å². The number of carboxylic acid groups (broad SMARTS) is 1. The molecule has 1 aromatic carbocycles. The molecule has 0 fully saturated rings. The summed E-state index contributed by atoms with van der Waals surface area (Å²) in [6, 6.07) is 2.18. The van der Waals surface area contributed by atoms with Gasteiger partial charge in [0.1, 0.15) is 11.9 Å². The molecule has 0 bridgehead atoms. The summed E-state index contributed by atoms with van der Waals surface area (Å²) >= 11 is 1.84. The predicted octanol–water partition coefficient (Wildman–Crippen LogP) is 2.03. The molecule has 3 N–H and O–H groups in total.